The Bertz CT molecular complexity index is 488. The van der Waals surface area contributed by atoms with E-state index in [2.05, 4.69) is 13.8 Å². The van der Waals surface area contributed by atoms with Crippen LogP contribution in [0.4, 0.5) is 0 Å². The number of carbonyl (C=O) groups excluding carboxylic acids is 1. The molecule has 7 aliphatic rings. The van der Waals surface area contributed by atoms with Gasteiger partial charge < -0.3 is 9.84 Å². The molecule has 0 aliphatic heterocycles. The van der Waals surface area contributed by atoms with Crippen molar-refractivity contribution in [2.24, 2.45) is 47.3 Å². The lowest BCUT2D eigenvalue weighted by Crippen LogP contribution is -2.71. The Balaban J connectivity index is 1.42. The molecule has 0 aromatic heterocycles. The maximum absolute atomic E-state index is 12.6. The summed E-state index contributed by atoms with van der Waals surface area (Å²) in [5.74, 6) is 4.64. The molecular weight excluding hydrogens is 288 g/mol. The second kappa shape index (κ2) is 4.33. The molecule has 0 amide bonds. The molecule has 0 saturated heterocycles. The van der Waals surface area contributed by atoms with Gasteiger partial charge in [-0.25, -0.2) is 0 Å². The third-order valence-electron chi connectivity index (χ3n) is 8.66. The standard InChI is InChI=1S/C20H30O3/c1-10(2)11(3)18(21)23-20-7-15-12-4-19(22)5-13(15)17(9-20)14(6-19)16(12)8-20/h10-17,22H,4-9H2,1-3H3. The summed E-state index contributed by atoms with van der Waals surface area (Å²) in [6.45, 7) is 6.21. The minimum Gasteiger partial charge on any atom is -0.459 e. The van der Waals surface area contributed by atoms with Gasteiger partial charge in [0.05, 0.1) is 11.5 Å². The van der Waals surface area contributed by atoms with E-state index < -0.39 is 0 Å². The summed E-state index contributed by atoms with van der Waals surface area (Å²) < 4.78 is 6.23. The quantitative estimate of drug-likeness (QED) is 0.811. The Labute approximate surface area is 139 Å². The van der Waals surface area contributed by atoms with Crippen LogP contribution in [0.25, 0.3) is 0 Å². The van der Waals surface area contributed by atoms with Crippen molar-refractivity contribution in [3.8, 4) is 0 Å². The molecule has 1 N–H and O–H groups in total. The molecule has 0 aromatic rings. The van der Waals surface area contributed by atoms with E-state index in [9.17, 15) is 9.90 Å². The first-order valence-corrected chi connectivity index (χ1v) is 9.76. The van der Waals surface area contributed by atoms with Crippen molar-refractivity contribution >= 4 is 5.97 Å². The molecule has 1 unspecified atom stereocenters. The number of esters is 1. The van der Waals surface area contributed by atoms with E-state index in [0.29, 0.717) is 41.4 Å². The Kier molecular flexibility index (Phi) is 2.78. The molecule has 7 aliphatic carbocycles. The summed E-state index contributed by atoms with van der Waals surface area (Å²) in [6.07, 6.45) is 6.30. The molecule has 7 fully saturated rings. The van der Waals surface area contributed by atoms with Gasteiger partial charge in [-0.2, -0.15) is 0 Å². The lowest BCUT2D eigenvalue weighted by atomic mass is 9.34. The van der Waals surface area contributed by atoms with Gasteiger partial charge >= 0.3 is 5.97 Å². The SMILES string of the molecule is CC(C)C(C)C(=O)OC12CC3C4CC5(O)CC3C(C1)C(C5)C4C2. The molecule has 7 rings (SSSR count). The van der Waals surface area contributed by atoms with Gasteiger partial charge in [0.25, 0.3) is 0 Å². The van der Waals surface area contributed by atoms with Crippen molar-refractivity contribution in [2.75, 3.05) is 0 Å². The van der Waals surface area contributed by atoms with E-state index in [1.807, 2.05) is 6.92 Å². The Morgan fingerprint density at radius 2 is 1.26 bits per heavy atom. The Hall–Kier alpha value is -0.570. The van der Waals surface area contributed by atoms with Gasteiger partial charge in [-0.3, -0.25) is 4.79 Å². The fourth-order valence-corrected chi connectivity index (χ4v) is 7.53. The van der Waals surface area contributed by atoms with E-state index >= 15 is 0 Å². The number of hydrogen-bond donors (Lipinski definition) is 1. The normalized spacial score (nSPS) is 56.4. The van der Waals surface area contributed by atoms with Crippen molar-refractivity contribution in [1.82, 2.24) is 0 Å². The largest absolute Gasteiger partial charge is 0.459 e. The summed E-state index contributed by atoms with van der Waals surface area (Å²) >= 11 is 0. The fraction of sp³-hybridized carbons (Fsp3) is 0.950. The van der Waals surface area contributed by atoms with Crippen molar-refractivity contribution in [1.29, 1.82) is 0 Å². The van der Waals surface area contributed by atoms with Gasteiger partial charge in [0, 0.05) is 0 Å². The summed E-state index contributed by atoms with van der Waals surface area (Å²) in [4.78, 5) is 12.6. The Morgan fingerprint density at radius 3 is 1.65 bits per heavy atom. The summed E-state index contributed by atoms with van der Waals surface area (Å²) in [5.41, 5.74) is -0.500. The maximum atomic E-state index is 12.6. The highest BCUT2D eigenvalue weighted by Gasteiger charge is 2.71. The molecule has 3 nitrogen and oxygen atoms in total. The fourth-order valence-electron chi connectivity index (χ4n) is 7.53. The van der Waals surface area contributed by atoms with Crippen LogP contribution in [0.15, 0.2) is 0 Å². The zero-order chi connectivity index (χ0) is 16.1. The third-order valence-corrected chi connectivity index (χ3v) is 8.66. The topological polar surface area (TPSA) is 46.5 Å². The molecule has 1 atom stereocenters. The third kappa shape index (κ3) is 1.83. The van der Waals surface area contributed by atoms with Gasteiger partial charge in [-0.1, -0.05) is 20.8 Å². The zero-order valence-corrected chi connectivity index (χ0v) is 14.6. The van der Waals surface area contributed by atoms with Crippen LogP contribution >= 0.6 is 0 Å². The van der Waals surface area contributed by atoms with E-state index in [0.717, 1.165) is 38.5 Å². The van der Waals surface area contributed by atoms with Crippen LogP contribution in [0.3, 0.4) is 0 Å². The minimum absolute atomic E-state index is 0.00343. The van der Waals surface area contributed by atoms with E-state index in [1.165, 1.54) is 0 Å². The highest BCUT2D eigenvalue weighted by atomic mass is 16.6. The lowest BCUT2D eigenvalue weighted by Gasteiger charge is -2.73. The van der Waals surface area contributed by atoms with Gasteiger partial charge in [0.1, 0.15) is 5.60 Å². The van der Waals surface area contributed by atoms with Crippen molar-refractivity contribution < 1.29 is 14.6 Å². The number of ether oxygens (including phenoxy) is 1. The van der Waals surface area contributed by atoms with Crippen LogP contribution in [-0.4, -0.2) is 22.3 Å². The van der Waals surface area contributed by atoms with Gasteiger partial charge in [0.2, 0.25) is 0 Å². The van der Waals surface area contributed by atoms with Crippen molar-refractivity contribution in [3.63, 3.8) is 0 Å². The zero-order valence-electron chi connectivity index (χ0n) is 14.6. The summed E-state index contributed by atoms with van der Waals surface area (Å²) in [5, 5.41) is 10.9. The monoisotopic (exact) mass is 318 g/mol. The van der Waals surface area contributed by atoms with Crippen LogP contribution in [0.5, 0.6) is 0 Å². The minimum atomic E-state index is -0.344. The molecule has 3 heteroatoms. The summed E-state index contributed by atoms with van der Waals surface area (Å²) in [6, 6.07) is 0. The van der Waals surface area contributed by atoms with Gasteiger partial charge in [-0.05, 0) is 80.0 Å². The van der Waals surface area contributed by atoms with Crippen LogP contribution < -0.4 is 0 Å². The first kappa shape index (κ1) is 14.7. The molecule has 0 spiro atoms. The summed E-state index contributed by atoms with van der Waals surface area (Å²) in [7, 11) is 0. The van der Waals surface area contributed by atoms with E-state index in [1.54, 1.807) is 0 Å². The van der Waals surface area contributed by atoms with Crippen LogP contribution in [0, 0.1) is 47.3 Å². The van der Waals surface area contributed by atoms with E-state index in [4.69, 9.17) is 4.74 Å². The van der Waals surface area contributed by atoms with Crippen molar-refractivity contribution in [2.45, 2.75) is 70.5 Å². The van der Waals surface area contributed by atoms with Crippen LogP contribution in [-0.2, 0) is 9.53 Å². The maximum Gasteiger partial charge on any atom is 0.309 e. The number of aliphatic hydroxyl groups is 1. The number of hydrogen-bond acceptors (Lipinski definition) is 3. The van der Waals surface area contributed by atoms with Crippen LogP contribution in [0.1, 0.15) is 59.3 Å². The highest BCUT2D eigenvalue weighted by Crippen LogP contribution is 2.73. The van der Waals surface area contributed by atoms with Crippen molar-refractivity contribution in [3.05, 3.63) is 0 Å². The average Bonchev–Trinajstić information content (AvgIpc) is 2.49. The smallest absolute Gasteiger partial charge is 0.309 e. The number of carbonyl (C=O) groups is 1. The molecule has 0 radical (unpaired) electrons. The Morgan fingerprint density at radius 1 is 0.870 bits per heavy atom. The molecule has 23 heavy (non-hydrogen) atoms. The first-order chi connectivity index (χ1) is 10.8. The van der Waals surface area contributed by atoms with Gasteiger partial charge in [0.15, 0.2) is 0 Å². The van der Waals surface area contributed by atoms with Gasteiger partial charge in [-0.15, -0.1) is 0 Å². The predicted octanol–water partition coefficient (Wildman–Crippen LogP) is 3.40. The second-order valence-electron chi connectivity index (χ2n) is 10.1. The van der Waals surface area contributed by atoms with Crippen LogP contribution in [0.2, 0.25) is 0 Å². The van der Waals surface area contributed by atoms with E-state index in [-0.39, 0.29) is 23.1 Å². The molecule has 7 saturated carbocycles. The lowest BCUT2D eigenvalue weighted by molar-refractivity contribution is -0.294. The predicted molar refractivity (Wildman–Crippen MR) is 86.4 cm³/mol. The number of rotatable bonds is 3. The molecular formula is C20H30O3. The molecule has 0 heterocycles. The molecule has 0 aromatic carbocycles. The molecule has 128 valence electrons. The first-order valence-electron chi connectivity index (χ1n) is 9.76. The second-order valence-corrected chi connectivity index (χ2v) is 10.1. The highest BCUT2D eigenvalue weighted by molar-refractivity contribution is 5.72. The average molecular weight is 318 g/mol. The molecule has 8 bridgehead atoms.